The van der Waals surface area contributed by atoms with E-state index in [4.69, 9.17) is 0 Å². The quantitative estimate of drug-likeness (QED) is 0.782. The second kappa shape index (κ2) is 7.58. The van der Waals surface area contributed by atoms with E-state index in [1.165, 1.54) is 64.3 Å². The molecule has 0 amide bonds. The molecule has 1 unspecified atom stereocenters. The van der Waals surface area contributed by atoms with Crippen LogP contribution in [0.5, 0.6) is 0 Å². The van der Waals surface area contributed by atoms with Crippen LogP contribution in [-0.2, 0) is 0 Å². The van der Waals surface area contributed by atoms with Crippen molar-refractivity contribution in [3.05, 3.63) is 0 Å². The lowest BCUT2D eigenvalue weighted by Gasteiger charge is -2.32. The lowest BCUT2D eigenvalue weighted by atomic mass is 9.96. The van der Waals surface area contributed by atoms with Crippen LogP contribution in [0.3, 0.4) is 0 Å². The fourth-order valence-corrected chi connectivity index (χ4v) is 4.61. The highest BCUT2D eigenvalue weighted by Crippen LogP contribution is 2.30. The molecule has 21 heavy (non-hydrogen) atoms. The van der Waals surface area contributed by atoms with Gasteiger partial charge in [0.2, 0.25) is 5.16 Å². The predicted octanol–water partition coefficient (Wildman–Crippen LogP) is 3.14. The van der Waals surface area contributed by atoms with Crippen molar-refractivity contribution in [3.63, 3.8) is 0 Å². The van der Waals surface area contributed by atoms with Gasteiger partial charge in [0.25, 0.3) is 0 Å². The van der Waals surface area contributed by atoms with E-state index in [0.717, 1.165) is 17.0 Å². The third-order valence-electron chi connectivity index (χ3n) is 4.99. The molecular formula is C15H27N5S. The van der Waals surface area contributed by atoms with E-state index in [1.54, 1.807) is 0 Å². The molecule has 6 heteroatoms. The van der Waals surface area contributed by atoms with Gasteiger partial charge in [-0.15, -0.1) is 5.10 Å². The summed E-state index contributed by atoms with van der Waals surface area (Å²) in [6, 6.07) is 1.29. The number of thioether (sulfide) groups is 1. The number of rotatable bonds is 5. The van der Waals surface area contributed by atoms with E-state index in [9.17, 15) is 0 Å². The first-order chi connectivity index (χ1) is 10.3. The Hall–Kier alpha value is -0.620. The van der Waals surface area contributed by atoms with Gasteiger partial charge in [0.05, 0.1) is 6.04 Å². The number of piperidine rings is 1. The summed E-state index contributed by atoms with van der Waals surface area (Å²) < 4.78 is 2.09. The zero-order valence-electron chi connectivity index (χ0n) is 13.1. The number of nitrogens with zero attached hydrogens (tertiary/aromatic N) is 5. The maximum absolute atomic E-state index is 4.24. The maximum atomic E-state index is 4.24. The van der Waals surface area contributed by atoms with Crippen LogP contribution in [0.1, 0.15) is 63.8 Å². The zero-order chi connectivity index (χ0) is 14.5. The van der Waals surface area contributed by atoms with Gasteiger partial charge in [-0.05, 0) is 56.1 Å². The Bertz CT molecular complexity index is 429. The molecule has 0 radical (unpaired) electrons. The first-order valence-electron chi connectivity index (χ1n) is 8.45. The van der Waals surface area contributed by atoms with E-state index < -0.39 is 0 Å². The first kappa shape index (κ1) is 15.3. The number of aromatic nitrogens is 4. The van der Waals surface area contributed by atoms with Crippen LogP contribution < -0.4 is 0 Å². The normalized spacial score (nSPS) is 25.3. The molecule has 1 atom stereocenters. The molecule has 118 valence electrons. The van der Waals surface area contributed by atoms with Gasteiger partial charge in [0.1, 0.15) is 0 Å². The molecule has 5 nitrogen and oxygen atoms in total. The standard InChI is InChI=1S/C15H27N5S/c1-19-11-6-5-7-13(19)10-12-21-15-16-17-18-20(15)14-8-3-2-4-9-14/h13-14H,2-12H2,1H3. The Balaban J connectivity index is 1.50. The first-order valence-corrected chi connectivity index (χ1v) is 9.44. The average molecular weight is 309 g/mol. The molecular weight excluding hydrogens is 282 g/mol. The summed E-state index contributed by atoms with van der Waals surface area (Å²) in [5, 5.41) is 13.4. The topological polar surface area (TPSA) is 46.8 Å². The largest absolute Gasteiger partial charge is 0.303 e. The van der Waals surface area contributed by atoms with E-state index in [1.807, 2.05) is 11.8 Å². The van der Waals surface area contributed by atoms with Crippen molar-refractivity contribution in [2.24, 2.45) is 0 Å². The molecule has 2 heterocycles. The second-order valence-electron chi connectivity index (χ2n) is 6.47. The van der Waals surface area contributed by atoms with Gasteiger partial charge in [0.15, 0.2) is 0 Å². The number of hydrogen-bond donors (Lipinski definition) is 0. The van der Waals surface area contributed by atoms with Gasteiger partial charge >= 0.3 is 0 Å². The Morgan fingerprint density at radius 1 is 1.10 bits per heavy atom. The molecule has 0 aromatic carbocycles. The van der Waals surface area contributed by atoms with Crippen molar-refractivity contribution in [3.8, 4) is 0 Å². The fourth-order valence-electron chi connectivity index (χ4n) is 3.63. The molecule has 2 fully saturated rings. The van der Waals surface area contributed by atoms with E-state index in [-0.39, 0.29) is 0 Å². The van der Waals surface area contributed by atoms with Crippen molar-refractivity contribution >= 4 is 11.8 Å². The minimum Gasteiger partial charge on any atom is -0.303 e. The van der Waals surface area contributed by atoms with Crippen LogP contribution in [0.15, 0.2) is 5.16 Å². The van der Waals surface area contributed by atoms with E-state index >= 15 is 0 Å². The van der Waals surface area contributed by atoms with Crippen LogP contribution >= 0.6 is 11.8 Å². The third kappa shape index (κ3) is 3.97. The Kier molecular flexibility index (Phi) is 5.52. The highest BCUT2D eigenvalue weighted by Gasteiger charge is 2.22. The number of hydrogen-bond acceptors (Lipinski definition) is 5. The van der Waals surface area contributed by atoms with Crippen molar-refractivity contribution in [2.75, 3.05) is 19.3 Å². The Morgan fingerprint density at radius 2 is 1.90 bits per heavy atom. The molecule has 0 spiro atoms. The number of tetrazole rings is 1. The SMILES string of the molecule is CN1CCCCC1CCSc1nnnn1C1CCCCC1. The highest BCUT2D eigenvalue weighted by atomic mass is 32.2. The highest BCUT2D eigenvalue weighted by molar-refractivity contribution is 7.99. The smallest absolute Gasteiger partial charge is 0.209 e. The molecule has 1 saturated heterocycles. The van der Waals surface area contributed by atoms with Gasteiger partial charge in [-0.25, -0.2) is 4.68 Å². The number of likely N-dealkylation sites (tertiary alicyclic amines) is 1. The summed E-state index contributed by atoms with van der Waals surface area (Å²) in [5.41, 5.74) is 0. The van der Waals surface area contributed by atoms with Crippen molar-refractivity contribution in [1.29, 1.82) is 0 Å². The monoisotopic (exact) mass is 309 g/mol. The lowest BCUT2D eigenvalue weighted by molar-refractivity contribution is 0.182. The average Bonchev–Trinajstić information content (AvgIpc) is 2.99. The van der Waals surface area contributed by atoms with Gasteiger partial charge < -0.3 is 4.90 Å². The zero-order valence-corrected chi connectivity index (χ0v) is 13.9. The van der Waals surface area contributed by atoms with Crippen LogP contribution in [-0.4, -0.2) is 50.5 Å². The molecule has 1 saturated carbocycles. The fraction of sp³-hybridized carbons (Fsp3) is 0.933. The molecule has 1 aromatic heterocycles. The summed E-state index contributed by atoms with van der Waals surface area (Å²) in [4.78, 5) is 2.52. The Morgan fingerprint density at radius 3 is 2.71 bits per heavy atom. The summed E-state index contributed by atoms with van der Waals surface area (Å²) >= 11 is 1.84. The minimum absolute atomic E-state index is 0.536. The summed E-state index contributed by atoms with van der Waals surface area (Å²) in [6.45, 7) is 1.26. The van der Waals surface area contributed by atoms with Crippen molar-refractivity contribution < 1.29 is 0 Å². The van der Waals surface area contributed by atoms with Crippen molar-refractivity contribution in [2.45, 2.75) is 75.0 Å². The molecule has 1 aliphatic carbocycles. The van der Waals surface area contributed by atoms with Crippen molar-refractivity contribution in [1.82, 2.24) is 25.1 Å². The van der Waals surface area contributed by atoms with Gasteiger partial charge in [-0.1, -0.05) is 37.4 Å². The maximum Gasteiger partial charge on any atom is 0.209 e. The second-order valence-corrected chi connectivity index (χ2v) is 7.53. The van der Waals surface area contributed by atoms with Crippen LogP contribution in [0.25, 0.3) is 0 Å². The molecule has 1 aromatic rings. The van der Waals surface area contributed by atoms with E-state index in [0.29, 0.717) is 6.04 Å². The molecule has 0 N–H and O–H groups in total. The van der Waals surface area contributed by atoms with Gasteiger partial charge in [-0.2, -0.15) is 0 Å². The van der Waals surface area contributed by atoms with Gasteiger partial charge in [0, 0.05) is 11.8 Å². The van der Waals surface area contributed by atoms with E-state index in [2.05, 4.69) is 32.2 Å². The summed E-state index contributed by atoms with van der Waals surface area (Å²) in [7, 11) is 2.26. The van der Waals surface area contributed by atoms with Crippen LogP contribution in [0, 0.1) is 0 Å². The third-order valence-corrected chi connectivity index (χ3v) is 5.95. The molecule has 1 aliphatic heterocycles. The lowest BCUT2D eigenvalue weighted by Crippen LogP contribution is -2.36. The predicted molar refractivity (Wildman–Crippen MR) is 85.5 cm³/mol. The Labute approximate surface area is 131 Å². The summed E-state index contributed by atoms with van der Waals surface area (Å²) in [5.74, 6) is 1.13. The minimum atomic E-state index is 0.536. The molecule has 3 rings (SSSR count). The molecule has 2 aliphatic rings. The van der Waals surface area contributed by atoms with Crippen LogP contribution in [0.4, 0.5) is 0 Å². The molecule has 0 bridgehead atoms. The van der Waals surface area contributed by atoms with Crippen LogP contribution in [0.2, 0.25) is 0 Å². The summed E-state index contributed by atoms with van der Waals surface area (Å²) in [6.07, 6.45) is 11.8. The van der Waals surface area contributed by atoms with Gasteiger partial charge in [-0.3, -0.25) is 0 Å².